The minimum absolute atomic E-state index is 0.258. The number of ether oxygens (including phenoxy) is 1. The van der Waals surface area contributed by atoms with Crippen molar-refractivity contribution in [2.24, 2.45) is 5.73 Å². The molecule has 0 fully saturated rings. The SMILES string of the molecule is NCc1ccc(OCc2cncc(F)c2)cn1. The van der Waals surface area contributed by atoms with Crippen LogP contribution in [0.1, 0.15) is 11.3 Å². The fourth-order valence-electron chi connectivity index (χ4n) is 1.32. The molecule has 0 spiro atoms. The van der Waals surface area contributed by atoms with E-state index >= 15 is 0 Å². The van der Waals surface area contributed by atoms with Crippen molar-refractivity contribution in [2.45, 2.75) is 13.2 Å². The summed E-state index contributed by atoms with van der Waals surface area (Å²) in [6.07, 6.45) is 4.31. The van der Waals surface area contributed by atoms with E-state index in [1.807, 2.05) is 0 Å². The van der Waals surface area contributed by atoms with E-state index in [4.69, 9.17) is 10.5 Å². The largest absolute Gasteiger partial charge is 0.487 e. The van der Waals surface area contributed by atoms with Crippen molar-refractivity contribution in [3.05, 3.63) is 53.9 Å². The highest BCUT2D eigenvalue weighted by atomic mass is 19.1. The summed E-state index contributed by atoms with van der Waals surface area (Å²) in [6.45, 7) is 0.655. The second-order valence-electron chi connectivity index (χ2n) is 3.49. The summed E-state index contributed by atoms with van der Waals surface area (Å²) >= 11 is 0. The summed E-state index contributed by atoms with van der Waals surface area (Å²) in [5, 5.41) is 0. The molecule has 5 heteroatoms. The van der Waals surface area contributed by atoms with Gasteiger partial charge in [-0.1, -0.05) is 0 Å². The van der Waals surface area contributed by atoms with Gasteiger partial charge in [-0.15, -0.1) is 0 Å². The van der Waals surface area contributed by atoms with Gasteiger partial charge in [0.1, 0.15) is 18.2 Å². The van der Waals surface area contributed by atoms with Crippen molar-refractivity contribution < 1.29 is 9.13 Å². The van der Waals surface area contributed by atoms with E-state index in [2.05, 4.69) is 9.97 Å². The van der Waals surface area contributed by atoms with E-state index in [1.54, 1.807) is 24.5 Å². The molecule has 0 aliphatic heterocycles. The molecule has 88 valence electrons. The van der Waals surface area contributed by atoms with Crippen LogP contribution in [0.3, 0.4) is 0 Å². The maximum Gasteiger partial charge on any atom is 0.141 e. The molecule has 0 aliphatic carbocycles. The van der Waals surface area contributed by atoms with Crippen LogP contribution in [0.25, 0.3) is 0 Å². The molecule has 0 aliphatic rings. The molecule has 0 unspecified atom stereocenters. The van der Waals surface area contributed by atoms with E-state index in [9.17, 15) is 4.39 Å². The number of halogens is 1. The average Bonchev–Trinajstić information content (AvgIpc) is 2.37. The van der Waals surface area contributed by atoms with Gasteiger partial charge in [0.25, 0.3) is 0 Å². The molecule has 0 aromatic carbocycles. The molecule has 0 atom stereocenters. The Balaban J connectivity index is 1.97. The normalized spacial score (nSPS) is 10.2. The Morgan fingerprint density at radius 1 is 1.24 bits per heavy atom. The van der Waals surface area contributed by atoms with E-state index in [0.717, 1.165) is 11.9 Å². The molecular formula is C12H12FN3O. The van der Waals surface area contributed by atoms with Crippen LogP contribution in [-0.2, 0) is 13.2 Å². The first kappa shape index (κ1) is 11.5. The summed E-state index contributed by atoms with van der Waals surface area (Å²) in [6, 6.07) is 4.95. The number of nitrogens with zero attached hydrogens (tertiary/aromatic N) is 2. The monoisotopic (exact) mass is 233 g/mol. The van der Waals surface area contributed by atoms with Crippen molar-refractivity contribution in [2.75, 3.05) is 0 Å². The van der Waals surface area contributed by atoms with Crippen LogP contribution in [0.2, 0.25) is 0 Å². The predicted octanol–water partition coefficient (Wildman–Crippen LogP) is 1.65. The molecule has 17 heavy (non-hydrogen) atoms. The summed E-state index contributed by atoms with van der Waals surface area (Å²) in [7, 11) is 0. The molecule has 2 aromatic rings. The van der Waals surface area contributed by atoms with Gasteiger partial charge in [-0.25, -0.2) is 4.39 Å². The molecule has 4 nitrogen and oxygen atoms in total. The minimum atomic E-state index is -0.372. The average molecular weight is 233 g/mol. The molecule has 2 rings (SSSR count). The Morgan fingerprint density at radius 3 is 2.76 bits per heavy atom. The van der Waals surface area contributed by atoms with Gasteiger partial charge in [-0.2, -0.15) is 0 Å². The van der Waals surface area contributed by atoms with E-state index in [0.29, 0.717) is 17.9 Å². The van der Waals surface area contributed by atoms with Crippen molar-refractivity contribution in [1.29, 1.82) is 0 Å². The van der Waals surface area contributed by atoms with Gasteiger partial charge in [-0.3, -0.25) is 9.97 Å². The summed E-state index contributed by atoms with van der Waals surface area (Å²) in [5.74, 6) is 0.245. The van der Waals surface area contributed by atoms with Gasteiger partial charge in [0.15, 0.2) is 0 Å². The fourth-order valence-corrected chi connectivity index (χ4v) is 1.32. The quantitative estimate of drug-likeness (QED) is 0.872. The molecule has 0 bridgehead atoms. The number of nitrogens with two attached hydrogens (primary N) is 1. The van der Waals surface area contributed by atoms with E-state index in [-0.39, 0.29) is 12.4 Å². The van der Waals surface area contributed by atoms with Gasteiger partial charge in [0.2, 0.25) is 0 Å². The molecule has 2 aromatic heterocycles. The highest BCUT2D eigenvalue weighted by molar-refractivity contribution is 5.20. The molecule has 2 heterocycles. The Bertz CT molecular complexity index is 487. The van der Waals surface area contributed by atoms with Gasteiger partial charge in [0, 0.05) is 18.3 Å². The topological polar surface area (TPSA) is 61.0 Å². The van der Waals surface area contributed by atoms with Crippen LogP contribution in [0.15, 0.2) is 36.8 Å². The van der Waals surface area contributed by atoms with Crippen LogP contribution < -0.4 is 10.5 Å². The zero-order chi connectivity index (χ0) is 12.1. The third-order valence-corrected chi connectivity index (χ3v) is 2.17. The van der Waals surface area contributed by atoms with E-state index in [1.165, 1.54) is 6.07 Å². The first-order chi connectivity index (χ1) is 8.28. The predicted molar refractivity (Wildman–Crippen MR) is 60.7 cm³/mol. The Kier molecular flexibility index (Phi) is 3.62. The van der Waals surface area contributed by atoms with Crippen LogP contribution in [-0.4, -0.2) is 9.97 Å². The first-order valence-electron chi connectivity index (χ1n) is 5.15. The Morgan fingerprint density at radius 2 is 2.12 bits per heavy atom. The lowest BCUT2D eigenvalue weighted by Crippen LogP contribution is -2.00. The van der Waals surface area contributed by atoms with Crippen molar-refractivity contribution >= 4 is 0 Å². The number of pyridine rings is 2. The van der Waals surface area contributed by atoms with Crippen LogP contribution in [0.4, 0.5) is 4.39 Å². The lowest BCUT2D eigenvalue weighted by Gasteiger charge is -2.06. The smallest absolute Gasteiger partial charge is 0.141 e. The number of aromatic nitrogens is 2. The van der Waals surface area contributed by atoms with Crippen LogP contribution >= 0.6 is 0 Å². The standard InChI is InChI=1S/C12H12FN3O/c13-10-3-9(5-15-6-10)8-17-12-2-1-11(4-14)16-7-12/h1-3,5-7H,4,8,14H2. The fraction of sp³-hybridized carbons (Fsp3) is 0.167. The highest BCUT2D eigenvalue weighted by Crippen LogP contribution is 2.11. The number of rotatable bonds is 4. The highest BCUT2D eigenvalue weighted by Gasteiger charge is 1.99. The molecule has 2 N–H and O–H groups in total. The summed E-state index contributed by atoms with van der Waals surface area (Å²) < 4.78 is 18.3. The first-order valence-corrected chi connectivity index (χ1v) is 5.15. The van der Waals surface area contributed by atoms with Crippen LogP contribution in [0, 0.1) is 5.82 Å². The summed E-state index contributed by atoms with van der Waals surface area (Å²) in [4.78, 5) is 7.82. The minimum Gasteiger partial charge on any atom is -0.487 e. The second kappa shape index (κ2) is 5.36. The third-order valence-electron chi connectivity index (χ3n) is 2.17. The van der Waals surface area contributed by atoms with Gasteiger partial charge in [0.05, 0.1) is 18.1 Å². The Hall–Kier alpha value is -2.01. The van der Waals surface area contributed by atoms with Crippen molar-refractivity contribution in [3.63, 3.8) is 0 Å². The molecule has 0 radical (unpaired) electrons. The maximum absolute atomic E-state index is 12.8. The molecule has 0 saturated carbocycles. The van der Waals surface area contributed by atoms with Crippen molar-refractivity contribution in [3.8, 4) is 5.75 Å². The second-order valence-corrected chi connectivity index (χ2v) is 3.49. The van der Waals surface area contributed by atoms with Crippen LogP contribution in [0.5, 0.6) is 5.75 Å². The molecular weight excluding hydrogens is 221 g/mol. The Labute approximate surface area is 98.3 Å². The van der Waals surface area contributed by atoms with Gasteiger partial charge < -0.3 is 10.5 Å². The number of hydrogen-bond acceptors (Lipinski definition) is 4. The van der Waals surface area contributed by atoms with Gasteiger partial charge >= 0.3 is 0 Å². The number of hydrogen-bond donors (Lipinski definition) is 1. The van der Waals surface area contributed by atoms with Gasteiger partial charge in [-0.05, 0) is 18.2 Å². The zero-order valence-electron chi connectivity index (χ0n) is 9.14. The third kappa shape index (κ3) is 3.22. The maximum atomic E-state index is 12.8. The zero-order valence-corrected chi connectivity index (χ0v) is 9.14. The van der Waals surface area contributed by atoms with Crippen molar-refractivity contribution in [1.82, 2.24) is 9.97 Å². The van der Waals surface area contributed by atoms with E-state index < -0.39 is 0 Å². The molecule has 0 saturated heterocycles. The summed E-state index contributed by atoms with van der Waals surface area (Å²) in [5.41, 5.74) is 6.90. The lowest BCUT2D eigenvalue weighted by atomic mass is 10.3. The lowest BCUT2D eigenvalue weighted by molar-refractivity contribution is 0.303. The molecule has 0 amide bonds.